The summed E-state index contributed by atoms with van der Waals surface area (Å²) in [6.07, 6.45) is -0.669. The second-order valence-corrected chi connectivity index (χ2v) is 6.67. The van der Waals surface area contributed by atoms with E-state index >= 15 is 0 Å². The Morgan fingerprint density at radius 3 is 2.69 bits per heavy atom. The highest BCUT2D eigenvalue weighted by Gasteiger charge is 2.46. The van der Waals surface area contributed by atoms with Crippen LogP contribution >= 0.6 is 0 Å². The normalized spacial score (nSPS) is 22.5. The number of cyclic esters (lactones) is 1. The lowest BCUT2D eigenvalue weighted by Gasteiger charge is -2.33. The maximum atomic E-state index is 12.3. The third-order valence-electron chi connectivity index (χ3n) is 4.77. The minimum Gasteiger partial charge on any atom is -0.466 e. The molecule has 3 rings (SSSR count). The Morgan fingerprint density at radius 1 is 1.35 bits per heavy atom. The molecule has 140 valence electrons. The van der Waals surface area contributed by atoms with E-state index in [1.807, 2.05) is 26.0 Å². The number of aryl methyl sites for hydroxylation is 1. The van der Waals surface area contributed by atoms with Crippen LogP contribution in [0.15, 0.2) is 18.2 Å². The van der Waals surface area contributed by atoms with Crippen molar-refractivity contribution >= 4 is 29.3 Å². The van der Waals surface area contributed by atoms with Gasteiger partial charge in [0.05, 0.1) is 7.11 Å². The third-order valence-corrected chi connectivity index (χ3v) is 4.77. The fourth-order valence-corrected chi connectivity index (χ4v) is 3.58. The number of hydrogen-bond acceptors (Lipinski definition) is 6. The summed E-state index contributed by atoms with van der Waals surface area (Å²) in [5.74, 6) is -0.544. The molecule has 26 heavy (non-hydrogen) atoms. The van der Waals surface area contributed by atoms with Crippen LogP contribution in [-0.2, 0) is 25.5 Å². The number of nitrogens with two attached hydrogens (primary N) is 1. The molecule has 2 aliphatic heterocycles. The number of carbonyl (C=O) groups is 3. The van der Waals surface area contributed by atoms with E-state index in [2.05, 4.69) is 0 Å². The molecular formula is C18H23N3O5. The van der Waals surface area contributed by atoms with E-state index < -0.39 is 24.2 Å². The average Bonchev–Trinajstić information content (AvgIpc) is 2.96. The number of methoxy groups -OCH3 is 1. The van der Waals surface area contributed by atoms with Crippen LogP contribution in [0.3, 0.4) is 0 Å². The highest BCUT2D eigenvalue weighted by molar-refractivity contribution is 5.99. The number of fused-ring (bicyclic) bond motifs is 1. The minimum atomic E-state index is -1.05. The number of benzene rings is 1. The van der Waals surface area contributed by atoms with Gasteiger partial charge in [-0.3, -0.25) is 9.69 Å². The second-order valence-electron chi connectivity index (χ2n) is 6.67. The number of hydrogen-bond donors (Lipinski definition) is 1. The largest absolute Gasteiger partial charge is 0.466 e. The summed E-state index contributed by atoms with van der Waals surface area (Å²) in [4.78, 5) is 39.6. The van der Waals surface area contributed by atoms with Gasteiger partial charge in [-0.1, -0.05) is 0 Å². The van der Waals surface area contributed by atoms with Crippen LogP contribution in [-0.4, -0.2) is 49.8 Å². The molecular weight excluding hydrogens is 338 g/mol. The van der Waals surface area contributed by atoms with E-state index in [0.29, 0.717) is 18.5 Å². The predicted molar refractivity (Wildman–Crippen MR) is 95.0 cm³/mol. The minimum absolute atomic E-state index is 0.0460. The molecule has 8 heteroatoms. The lowest BCUT2D eigenvalue weighted by atomic mass is 9.98. The third kappa shape index (κ3) is 2.90. The van der Waals surface area contributed by atoms with Crippen molar-refractivity contribution in [3.63, 3.8) is 0 Å². The van der Waals surface area contributed by atoms with Gasteiger partial charge in [0, 0.05) is 30.4 Å². The van der Waals surface area contributed by atoms with Crippen LogP contribution < -0.4 is 15.5 Å². The zero-order valence-electron chi connectivity index (χ0n) is 15.1. The summed E-state index contributed by atoms with van der Waals surface area (Å²) in [5.41, 5.74) is 8.20. The Morgan fingerprint density at radius 2 is 2.08 bits per heavy atom. The van der Waals surface area contributed by atoms with Crippen LogP contribution in [0.5, 0.6) is 0 Å². The predicted octanol–water partition coefficient (Wildman–Crippen LogP) is 1.20. The lowest BCUT2D eigenvalue weighted by molar-refractivity contribution is -0.149. The Balaban J connectivity index is 1.96. The number of rotatable bonds is 4. The first-order valence-electron chi connectivity index (χ1n) is 8.61. The van der Waals surface area contributed by atoms with Crippen molar-refractivity contribution in [3.05, 3.63) is 23.8 Å². The molecule has 1 unspecified atom stereocenters. The number of amides is 2. The lowest BCUT2D eigenvalue weighted by Crippen LogP contribution is -2.45. The van der Waals surface area contributed by atoms with Gasteiger partial charge in [-0.15, -0.1) is 0 Å². The molecule has 1 saturated heterocycles. The Labute approximate surface area is 151 Å². The van der Waals surface area contributed by atoms with Crippen LogP contribution in [0.2, 0.25) is 0 Å². The average molecular weight is 361 g/mol. The summed E-state index contributed by atoms with van der Waals surface area (Å²) in [6, 6.07) is 4.84. The standard InChI is InChI=1S/C18H23N3O5/c1-10(2)20-13-6-5-12(8-11(13)4-7-15(20)22)21-14(9-19)16(17(23)25-3)26-18(21)24/h5-6,8,10,14,16H,4,7,9,19H2,1-3H3/t14?,16-/m0/s1. The fourth-order valence-electron chi connectivity index (χ4n) is 3.58. The van der Waals surface area contributed by atoms with Crippen molar-refractivity contribution in [2.45, 2.75) is 44.9 Å². The SMILES string of the molecule is COC(=O)[C@H]1OC(=O)N(c2ccc3c(c2)CCC(=O)N3C(C)C)C1CN. The van der Waals surface area contributed by atoms with Crippen molar-refractivity contribution in [1.29, 1.82) is 0 Å². The Hall–Kier alpha value is -2.61. The molecule has 0 bridgehead atoms. The molecule has 2 N–H and O–H groups in total. The molecule has 0 aliphatic carbocycles. The molecule has 0 saturated carbocycles. The first kappa shape index (κ1) is 18.2. The molecule has 0 spiro atoms. The van der Waals surface area contributed by atoms with Gasteiger partial charge in [0.1, 0.15) is 6.04 Å². The van der Waals surface area contributed by atoms with Crippen molar-refractivity contribution in [3.8, 4) is 0 Å². The van der Waals surface area contributed by atoms with Gasteiger partial charge in [0.2, 0.25) is 12.0 Å². The number of anilines is 2. The quantitative estimate of drug-likeness (QED) is 0.809. The summed E-state index contributed by atoms with van der Waals surface area (Å²) in [6.45, 7) is 3.98. The first-order valence-corrected chi connectivity index (χ1v) is 8.61. The molecule has 2 amide bonds. The van der Waals surface area contributed by atoms with Gasteiger partial charge in [-0.2, -0.15) is 0 Å². The maximum Gasteiger partial charge on any atom is 0.415 e. The summed E-state index contributed by atoms with van der Waals surface area (Å²) >= 11 is 0. The maximum absolute atomic E-state index is 12.3. The van der Waals surface area contributed by atoms with E-state index in [9.17, 15) is 14.4 Å². The van der Waals surface area contributed by atoms with E-state index in [-0.39, 0.29) is 18.5 Å². The van der Waals surface area contributed by atoms with Gasteiger partial charge in [-0.05, 0) is 44.0 Å². The van der Waals surface area contributed by atoms with Crippen LogP contribution in [0, 0.1) is 0 Å². The van der Waals surface area contributed by atoms with E-state index in [0.717, 1.165) is 11.3 Å². The monoisotopic (exact) mass is 361 g/mol. The number of ether oxygens (including phenoxy) is 2. The molecule has 2 heterocycles. The van der Waals surface area contributed by atoms with Gasteiger partial charge >= 0.3 is 12.1 Å². The molecule has 1 fully saturated rings. The van der Waals surface area contributed by atoms with Crippen molar-refractivity contribution in [1.82, 2.24) is 0 Å². The molecule has 2 aliphatic rings. The van der Waals surface area contributed by atoms with Gasteiger partial charge in [0.15, 0.2) is 0 Å². The summed E-state index contributed by atoms with van der Waals surface area (Å²) < 4.78 is 9.87. The molecule has 8 nitrogen and oxygen atoms in total. The molecule has 1 aromatic carbocycles. The number of nitrogens with zero attached hydrogens (tertiary/aromatic N) is 2. The van der Waals surface area contributed by atoms with Crippen molar-refractivity contribution in [2.75, 3.05) is 23.5 Å². The van der Waals surface area contributed by atoms with Crippen LogP contribution in [0.4, 0.5) is 16.2 Å². The summed E-state index contributed by atoms with van der Waals surface area (Å²) in [5, 5.41) is 0. The van der Waals surface area contributed by atoms with Gasteiger partial charge in [-0.25, -0.2) is 9.59 Å². The zero-order chi connectivity index (χ0) is 19.0. The smallest absolute Gasteiger partial charge is 0.415 e. The van der Waals surface area contributed by atoms with Crippen LogP contribution in [0.25, 0.3) is 0 Å². The molecule has 0 aromatic heterocycles. The van der Waals surface area contributed by atoms with E-state index in [1.54, 1.807) is 11.0 Å². The second kappa shape index (κ2) is 6.95. The molecule has 1 aromatic rings. The highest BCUT2D eigenvalue weighted by atomic mass is 16.6. The van der Waals surface area contributed by atoms with Gasteiger partial charge < -0.3 is 20.1 Å². The highest BCUT2D eigenvalue weighted by Crippen LogP contribution is 2.35. The van der Waals surface area contributed by atoms with Crippen LogP contribution in [0.1, 0.15) is 25.8 Å². The van der Waals surface area contributed by atoms with E-state index in [4.69, 9.17) is 15.2 Å². The zero-order valence-corrected chi connectivity index (χ0v) is 15.1. The van der Waals surface area contributed by atoms with E-state index in [1.165, 1.54) is 12.0 Å². The topological polar surface area (TPSA) is 102 Å². The number of esters is 1. The first-order chi connectivity index (χ1) is 12.4. The summed E-state index contributed by atoms with van der Waals surface area (Å²) in [7, 11) is 1.24. The molecule has 2 atom stereocenters. The Bertz CT molecular complexity index is 748. The van der Waals surface area contributed by atoms with Crippen molar-refractivity contribution in [2.24, 2.45) is 5.73 Å². The van der Waals surface area contributed by atoms with Crippen molar-refractivity contribution < 1.29 is 23.9 Å². The molecule has 0 radical (unpaired) electrons. The Kier molecular flexibility index (Phi) is 4.86. The fraction of sp³-hybridized carbons (Fsp3) is 0.500. The number of carbonyl (C=O) groups excluding carboxylic acids is 3. The van der Waals surface area contributed by atoms with Gasteiger partial charge in [0.25, 0.3) is 0 Å².